The zero-order chi connectivity index (χ0) is 12.4. The fraction of sp³-hybridized carbons (Fsp3) is 0.571. The first-order valence-corrected chi connectivity index (χ1v) is 7.45. The minimum atomic E-state index is -0.968. The molecule has 3 heteroatoms. The van der Waals surface area contributed by atoms with E-state index < -0.39 is 11.0 Å². The largest absolute Gasteiger partial charge is 0.237 e. The molecule has 1 aromatic carbocycles. The Morgan fingerprint density at radius 2 is 1.53 bits per heavy atom. The highest BCUT2D eigenvalue weighted by atomic mass is 32.2. The number of piperidine rings is 1. The van der Waals surface area contributed by atoms with Crippen LogP contribution in [0.25, 0.3) is 0 Å². The number of benzene rings is 1. The van der Waals surface area contributed by atoms with Crippen LogP contribution in [0.4, 0.5) is 0 Å². The van der Waals surface area contributed by atoms with Crippen molar-refractivity contribution in [3.63, 3.8) is 0 Å². The van der Waals surface area contributed by atoms with E-state index >= 15 is 0 Å². The molecule has 0 spiro atoms. The molecule has 0 N–H and O–H groups in total. The van der Waals surface area contributed by atoms with E-state index in [1.165, 1.54) is 24.8 Å². The molecule has 1 aromatic rings. The molecule has 1 unspecified atom stereocenters. The van der Waals surface area contributed by atoms with Gasteiger partial charge in [0, 0.05) is 13.1 Å². The second-order valence-corrected chi connectivity index (χ2v) is 6.39. The van der Waals surface area contributed by atoms with Crippen molar-refractivity contribution in [1.29, 1.82) is 0 Å². The molecule has 0 aromatic heterocycles. The summed E-state index contributed by atoms with van der Waals surface area (Å²) in [6.07, 6.45) is 3.63. The van der Waals surface area contributed by atoms with Gasteiger partial charge in [-0.15, -0.1) is 0 Å². The SMILES string of the molecule is Cc1cc(C)c(S(=O)N2CCCCC2)c(C)c1. The predicted octanol–water partition coefficient (Wildman–Crippen LogP) is 3.12. The Labute approximate surface area is 107 Å². The molecule has 0 radical (unpaired) electrons. The molecule has 1 aliphatic heterocycles. The summed E-state index contributed by atoms with van der Waals surface area (Å²) in [6, 6.07) is 4.26. The van der Waals surface area contributed by atoms with Gasteiger partial charge in [0.05, 0.1) is 4.90 Å². The van der Waals surface area contributed by atoms with Crippen molar-refractivity contribution >= 4 is 11.0 Å². The van der Waals surface area contributed by atoms with E-state index in [0.29, 0.717) is 0 Å². The molecule has 1 fully saturated rings. The summed E-state index contributed by atoms with van der Waals surface area (Å²) in [5.41, 5.74) is 3.57. The molecule has 0 amide bonds. The lowest BCUT2D eigenvalue weighted by atomic mass is 10.1. The second-order valence-electron chi connectivity index (χ2n) is 4.97. The lowest BCUT2D eigenvalue weighted by Crippen LogP contribution is -2.32. The first-order chi connectivity index (χ1) is 8.09. The highest BCUT2D eigenvalue weighted by Gasteiger charge is 2.20. The summed E-state index contributed by atoms with van der Waals surface area (Å²) in [5, 5.41) is 0. The Hall–Kier alpha value is -0.670. The monoisotopic (exact) mass is 251 g/mol. The van der Waals surface area contributed by atoms with Crippen molar-refractivity contribution in [3.8, 4) is 0 Å². The fourth-order valence-electron chi connectivity index (χ4n) is 2.60. The molecule has 1 aliphatic rings. The second kappa shape index (κ2) is 5.32. The van der Waals surface area contributed by atoms with Crippen LogP contribution in [0.2, 0.25) is 0 Å². The van der Waals surface area contributed by atoms with Gasteiger partial charge in [0.15, 0.2) is 0 Å². The van der Waals surface area contributed by atoms with Crippen molar-refractivity contribution in [1.82, 2.24) is 4.31 Å². The number of hydrogen-bond acceptors (Lipinski definition) is 1. The lowest BCUT2D eigenvalue weighted by Gasteiger charge is -2.26. The number of hydrogen-bond donors (Lipinski definition) is 0. The zero-order valence-electron chi connectivity index (χ0n) is 11.0. The fourth-order valence-corrected chi connectivity index (χ4v) is 4.12. The molecule has 94 valence electrons. The summed E-state index contributed by atoms with van der Waals surface area (Å²) in [5.74, 6) is 0. The molecular weight excluding hydrogens is 230 g/mol. The van der Waals surface area contributed by atoms with Crippen molar-refractivity contribution in [2.75, 3.05) is 13.1 Å². The summed E-state index contributed by atoms with van der Waals surface area (Å²) >= 11 is 0. The third-order valence-electron chi connectivity index (χ3n) is 3.33. The van der Waals surface area contributed by atoms with Gasteiger partial charge < -0.3 is 0 Å². The minimum Gasteiger partial charge on any atom is -0.237 e. The highest BCUT2D eigenvalue weighted by Crippen LogP contribution is 2.24. The van der Waals surface area contributed by atoms with Gasteiger partial charge in [0.2, 0.25) is 0 Å². The molecule has 0 saturated carbocycles. The minimum absolute atomic E-state index is 0.968. The van der Waals surface area contributed by atoms with Gasteiger partial charge >= 0.3 is 0 Å². The van der Waals surface area contributed by atoms with Crippen LogP contribution in [-0.4, -0.2) is 21.6 Å². The maximum Gasteiger partial charge on any atom is 0.128 e. The van der Waals surface area contributed by atoms with Crippen LogP contribution in [-0.2, 0) is 11.0 Å². The van der Waals surface area contributed by atoms with E-state index in [0.717, 1.165) is 29.1 Å². The maximum atomic E-state index is 12.6. The third-order valence-corrected chi connectivity index (χ3v) is 5.16. The molecule has 1 saturated heterocycles. The summed E-state index contributed by atoms with van der Waals surface area (Å²) < 4.78 is 14.7. The Bertz CT molecular complexity index is 413. The zero-order valence-corrected chi connectivity index (χ0v) is 11.8. The summed E-state index contributed by atoms with van der Waals surface area (Å²) in [6.45, 7) is 8.17. The van der Waals surface area contributed by atoms with E-state index in [2.05, 4.69) is 37.2 Å². The molecule has 17 heavy (non-hydrogen) atoms. The van der Waals surface area contributed by atoms with Gasteiger partial charge in [-0.2, -0.15) is 0 Å². The molecule has 2 rings (SSSR count). The van der Waals surface area contributed by atoms with Gasteiger partial charge in [-0.05, 0) is 44.7 Å². The Balaban J connectivity index is 2.30. The van der Waals surface area contributed by atoms with Crippen LogP contribution in [0.5, 0.6) is 0 Å². The topological polar surface area (TPSA) is 20.3 Å². The first kappa shape index (κ1) is 12.8. The van der Waals surface area contributed by atoms with Crippen LogP contribution in [0.1, 0.15) is 36.0 Å². The van der Waals surface area contributed by atoms with Gasteiger partial charge in [-0.25, -0.2) is 8.51 Å². The van der Waals surface area contributed by atoms with Gasteiger partial charge in [0.25, 0.3) is 0 Å². The van der Waals surface area contributed by atoms with E-state index in [4.69, 9.17) is 0 Å². The number of nitrogens with zero attached hydrogens (tertiary/aromatic N) is 1. The Morgan fingerprint density at radius 3 is 2.06 bits per heavy atom. The molecule has 2 nitrogen and oxygen atoms in total. The number of rotatable bonds is 2. The predicted molar refractivity (Wildman–Crippen MR) is 72.5 cm³/mol. The van der Waals surface area contributed by atoms with Crippen molar-refractivity contribution in [2.45, 2.75) is 44.9 Å². The standard InChI is InChI=1S/C14H21NOS/c1-11-9-12(2)14(13(3)10-11)17(16)15-7-5-4-6-8-15/h9-10H,4-8H2,1-3H3. The van der Waals surface area contributed by atoms with Crippen LogP contribution in [0, 0.1) is 20.8 Å². The van der Waals surface area contributed by atoms with E-state index in [1.807, 2.05) is 0 Å². The smallest absolute Gasteiger partial charge is 0.128 e. The normalized spacial score (nSPS) is 19.2. The van der Waals surface area contributed by atoms with Crippen molar-refractivity contribution in [2.24, 2.45) is 0 Å². The van der Waals surface area contributed by atoms with Gasteiger partial charge in [-0.1, -0.05) is 24.1 Å². The van der Waals surface area contributed by atoms with E-state index in [1.54, 1.807) is 0 Å². The van der Waals surface area contributed by atoms with Gasteiger partial charge in [0.1, 0.15) is 11.0 Å². The average molecular weight is 251 g/mol. The molecule has 0 aliphatic carbocycles. The van der Waals surface area contributed by atoms with Crippen molar-refractivity contribution in [3.05, 3.63) is 28.8 Å². The summed E-state index contributed by atoms with van der Waals surface area (Å²) in [7, 11) is -0.968. The summed E-state index contributed by atoms with van der Waals surface area (Å²) in [4.78, 5) is 1.03. The molecular formula is C14H21NOS. The van der Waals surface area contributed by atoms with E-state index in [9.17, 15) is 4.21 Å². The van der Waals surface area contributed by atoms with Gasteiger partial charge in [-0.3, -0.25) is 0 Å². The third kappa shape index (κ3) is 2.78. The van der Waals surface area contributed by atoms with E-state index in [-0.39, 0.29) is 0 Å². The van der Waals surface area contributed by atoms with Crippen LogP contribution in [0.15, 0.2) is 17.0 Å². The molecule has 1 atom stereocenters. The molecule has 0 bridgehead atoms. The highest BCUT2D eigenvalue weighted by molar-refractivity contribution is 7.82. The first-order valence-electron chi connectivity index (χ1n) is 6.34. The lowest BCUT2D eigenvalue weighted by molar-refractivity contribution is 0.365. The van der Waals surface area contributed by atoms with Crippen LogP contribution in [0.3, 0.4) is 0 Å². The number of aryl methyl sites for hydroxylation is 3. The average Bonchev–Trinajstić information content (AvgIpc) is 2.28. The van der Waals surface area contributed by atoms with Crippen molar-refractivity contribution < 1.29 is 4.21 Å². The van der Waals surface area contributed by atoms with Crippen LogP contribution >= 0.6 is 0 Å². The Kier molecular flexibility index (Phi) is 4.00. The maximum absolute atomic E-state index is 12.6. The van der Waals surface area contributed by atoms with Crippen LogP contribution < -0.4 is 0 Å². The molecule has 1 heterocycles. The Morgan fingerprint density at radius 1 is 1.00 bits per heavy atom. The quantitative estimate of drug-likeness (QED) is 0.791.